The van der Waals surface area contributed by atoms with Crippen molar-refractivity contribution in [2.45, 2.75) is 39.5 Å². The molecule has 0 unspecified atom stereocenters. The molecule has 2 aromatic carbocycles. The molecular formula is C20H23BrClNO2. The van der Waals surface area contributed by atoms with Crippen molar-refractivity contribution in [1.29, 1.82) is 0 Å². The fourth-order valence-electron chi connectivity index (χ4n) is 2.41. The Morgan fingerprint density at radius 3 is 2.72 bits per heavy atom. The first-order valence-corrected chi connectivity index (χ1v) is 9.69. The smallest absolute Gasteiger partial charge is 0.255 e. The molecule has 1 amide bonds. The molecule has 134 valence electrons. The predicted molar refractivity (Wildman–Crippen MR) is 108 cm³/mol. The van der Waals surface area contributed by atoms with E-state index in [1.54, 1.807) is 18.2 Å². The third kappa shape index (κ3) is 5.75. The summed E-state index contributed by atoms with van der Waals surface area (Å²) in [5.41, 5.74) is 2.12. The van der Waals surface area contributed by atoms with E-state index in [1.807, 2.05) is 25.1 Å². The van der Waals surface area contributed by atoms with E-state index >= 15 is 0 Å². The number of hydrogen-bond donors (Lipinski definition) is 1. The third-order valence-electron chi connectivity index (χ3n) is 3.97. The summed E-state index contributed by atoms with van der Waals surface area (Å²) in [4.78, 5) is 12.5. The van der Waals surface area contributed by atoms with E-state index in [4.69, 9.17) is 16.3 Å². The van der Waals surface area contributed by atoms with Gasteiger partial charge in [0.05, 0.1) is 11.1 Å². The van der Waals surface area contributed by atoms with Crippen molar-refractivity contribution in [3.63, 3.8) is 0 Å². The second-order valence-corrected chi connectivity index (χ2v) is 7.18. The van der Waals surface area contributed by atoms with Crippen LogP contribution in [0.2, 0.25) is 5.02 Å². The number of nitrogens with one attached hydrogen (secondary N) is 1. The maximum absolute atomic E-state index is 12.5. The molecule has 0 spiro atoms. The summed E-state index contributed by atoms with van der Waals surface area (Å²) in [7, 11) is 0. The first kappa shape index (κ1) is 19.8. The maximum Gasteiger partial charge on any atom is 0.255 e. The lowest BCUT2D eigenvalue weighted by atomic mass is 10.1. The van der Waals surface area contributed by atoms with E-state index in [1.165, 1.54) is 19.3 Å². The highest BCUT2D eigenvalue weighted by molar-refractivity contribution is 9.10. The van der Waals surface area contributed by atoms with Gasteiger partial charge in [-0.3, -0.25) is 4.79 Å². The molecule has 2 rings (SSSR count). The molecule has 0 saturated carbocycles. The average Bonchev–Trinajstić information content (AvgIpc) is 2.60. The van der Waals surface area contributed by atoms with Gasteiger partial charge in [-0.15, -0.1) is 0 Å². The number of hydrogen-bond acceptors (Lipinski definition) is 2. The topological polar surface area (TPSA) is 38.3 Å². The van der Waals surface area contributed by atoms with Gasteiger partial charge in [0.1, 0.15) is 5.75 Å². The fourth-order valence-corrected chi connectivity index (χ4v) is 3.08. The summed E-state index contributed by atoms with van der Waals surface area (Å²) >= 11 is 9.58. The number of anilines is 1. The van der Waals surface area contributed by atoms with Gasteiger partial charge in [0, 0.05) is 16.3 Å². The Balaban J connectivity index is 1.99. The number of ether oxygens (including phenoxy) is 1. The molecule has 0 aliphatic carbocycles. The summed E-state index contributed by atoms with van der Waals surface area (Å²) in [6.07, 6.45) is 4.65. The van der Waals surface area contributed by atoms with Crippen molar-refractivity contribution >= 4 is 39.1 Å². The van der Waals surface area contributed by atoms with Crippen molar-refractivity contribution in [2.75, 3.05) is 11.9 Å². The van der Waals surface area contributed by atoms with E-state index < -0.39 is 0 Å². The number of amides is 1. The van der Waals surface area contributed by atoms with Crippen LogP contribution in [0.1, 0.15) is 48.5 Å². The Hall–Kier alpha value is -1.52. The van der Waals surface area contributed by atoms with Gasteiger partial charge < -0.3 is 10.1 Å². The van der Waals surface area contributed by atoms with Crippen LogP contribution in [0.3, 0.4) is 0 Å². The molecule has 0 atom stereocenters. The molecular weight excluding hydrogens is 402 g/mol. The Kier molecular flexibility index (Phi) is 7.79. The molecule has 0 heterocycles. The summed E-state index contributed by atoms with van der Waals surface area (Å²) < 4.78 is 6.55. The molecule has 0 saturated heterocycles. The Labute approximate surface area is 162 Å². The van der Waals surface area contributed by atoms with Gasteiger partial charge in [-0.2, -0.15) is 0 Å². The van der Waals surface area contributed by atoms with Crippen LogP contribution in [0.4, 0.5) is 5.69 Å². The summed E-state index contributed by atoms with van der Waals surface area (Å²) in [5, 5.41) is 3.53. The Morgan fingerprint density at radius 1 is 1.20 bits per heavy atom. The summed E-state index contributed by atoms with van der Waals surface area (Å²) in [6.45, 7) is 4.75. The van der Waals surface area contributed by atoms with Crippen LogP contribution < -0.4 is 10.1 Å². The second kappa shape index (κ2) is 9.83. The quantitative estimate of drug-likeness (QED) is 0.483. The lowest BCUT2D eigenvalue weighted by Gasteiger charge is -2.12. The Morgan fingerprint density at radius 2 is 2.00 bits per heavy atom. The number of rotatable bonds is 8. The first-order valence-electron chi connectivity index (χ1n) is 8.51. The van der Waals surface area contributed by atoms with Crippen molar-refractivity contribution in [3.05, 3.63) is 57.0 Å². The van der Waals surface area contributed by atoms with Gasteiger partial charge in [-0.25, -0.2) is 0 Å². The normalized spacial score (nSPS) is 10.6. The molecule has 0 bridgehead atoms. The number of benzene rings is 2. The van der Waals surface area contributed by atoms with Crippen molar-refractivity contribution in [2.24, 2.45) is 0 Å². The minimum absolute atomic E-state index is 0.180. The van der Waals surface area contributed by atoms with Crippen molar-refractivity contribution < 1.29 is 9.53 Å². The molecule has 2 aromatic rings. The molecule has 1 N–H and O–H groups in total. The molecule has 3 nitrogen and oxygen atoms in total. The second-order valence-electron chi connectivity index (χ2n) is 5.92. The Bertz CT molecular complexity index is 734. The fraction of sp³-hybridized carbons (Fsp3) is 0.350. The minimum Gasteiger partial charge on any atom is -0.492 e. The highest BCUT2D eigenvalue weighted by Crippen LogP contribution is 2.28. The third-order valence-corrected chi connectivity index (χ3v) is 4.99. The zero-order valence-electron chi connectivity index (χ0n) is 14.6. The van der Waals surface area contributed by atoms with Gasteiger partial charge >= 0.3 is 0 Å². The minimum atomic E-state index is -0.180. The van der Waals surface area contributed by atoms with Gasteiger partial charge in [-0.1, -0.05) is 43.9 Å². The number of halogens is 2. The first-order chi connectivity index (χ1) is 12.0. The molecule has 0 aliphatic rings. The van der Waals surface area contributed by atoms with Gasteiger partial charge in [0.15, 0.2) is 0 Å². The van der Waals surface area contributed by atoms with Crippen LogP contribution >= 0.6 is 27.5 Å². The largest absolute Gasteiger partial charge is 0.492 e. The zero-order valence-corrected chi connectivity index (χ0v) is 16.9. The molecule has 0 aliphatic heterocycles. The number of carbonyl (C=O) groups is 1. The van der Waals surface area contributed by atoms with E-state index in [-0.39, 0.29) is 5.91 Å². The van der Waals surface area contributed by atoms with E-state index in [0.717, 1.165) is 22.2 Å². The van der Waals surface area contributed by atoms with Crippen LogP contribution in [0.25, 0.3) is 0 Å². The predicted octanol–water partition coefficient (Wildman–Crippen LogP) is 6.62. The van der Waals surface area contributed by atoms with Crippen LogP contribution in [0.15, 0.2) is 40.9 Å². The van der Waals surface area contributed by atoms with E-state index in [2.05, 4.69) is 28.2 Å². The SMILES string of the molecule is CCCCCCOc1ccc(C(=O)Nc2cccc(Cl)c2C)cc1Br. The van der Waals surface area contributed by atoms with Crippen LogP contribution in [-0.2, 0) is 0 Å². The molecule has 0 radical (unpaired) electrons. The van der Waals surface area contributed by atoms with E-state index in [9.17, 15) is 4.79 Å². The van der Waals surface area contributed by atoms with Gasteiger partial charge in [-0.05, 0) is 65.2 Å². The van der Waals surface area contributed by atoms with Crippen LogP contribution in [0.5, 0.6) is 5.75 Å². The van der Waals surface area contributed by atoms with E-state index in [0.29, 0.717) is 22.9 Å². The van der Waals surface area contributed by atoms with Crippen LogP contribution in [0, 0.1) is 6.92 Å². The molecule has 25 heavy (non-hydrogen) atoms. The maximum atomic E-state index is 12.5. The lowest BCUT2D eigenvalue weighted by Crippen LogP contribution is -2.13. The number of unbranched alkanes of at least 4 members (excludes halogenated alkanes) is 3. The zero-order chi connectivity index (χ0) is 18.2. The summed E-state index contributed by atoms with van der Waals surface area (Å²) in [5.74, 6) is 0.576. The molecule has 0 aromatic heterocycles. The highest BCUT2D eigenvalue weighted by atomic mass is 79.9. The van der Waals surface area contributed by atoms with Crippen molar-refractivity contribution in [1.82, 2.24) is 0 Å². The monoisotopic (exact) mass is 423 g/mol. The number of carbonyl (C=O) groups excluding carboxylic acids is 1. The lowest BCUT2D eigenvalue weighted by molar-refractivity contribution is 0.102. The standard InChI is InChI=1S/C20H23BrClNO2/c1-3-4-5-6-12-25-19-11-10-15(13-16(19)21)20(24)23-18-9-7-8-17(22)14(18)2/h7-11,13H,3-6,12H2,1-2H3,(H,23,24). The van der Waals surface area contributed by atoms with Crippen LogP contribution in [-0.4, -0.2) is 12.5 Å². The van der Waals surface area contributed by atoms with Gasteiger partial charge in [0.2, 0.25) is 0 Å². The molecule has 0 fully saturated rings. The van der Waals surface area contributed by atoms with Gasteiger partial charge in [0.25, 0.3) is 5.91 Å². The van der Waals surface area contributed by atoms with Crippen molar-refractivity contribution in [3.8, 4) is 5.75 Å². The summed E-state index contributed by atoms with van der Waals surface area (Å²) in [6, 6.07) is 10.8. The average molecular weight is 425 g/mol. The molecule has 5 heteroatoms. The highest BCUT2D eigenvalue weighted by Gasteiger charge is 2.11.